The maximum atomic E-state index is 10.6. The molecule has 0 amide bonds. The predicted octanol–water partition coefficient (Wildman–Crippen LogP) is 1.50. The molecule has 2 N–H and O–H groups in total. The first-order valence-corrected chi connectivity index (χ1v) is 5.76. The first-order valence-electron chi connectivity index (χ1n) is 5.76. The average Bonchev–Trinajstić information content (AvgIpc) is 2.78. The fraction of sp³-hybridized carbons (Fsp3) is 0.538. The van der Waals surface area contributed by atoms with Gasteiger partial charge in [-0.25, -0.2) is 0 Å². The molecule has 2 aliphatic rings. The van der Waals surface area contributed by atoms with Crippen molar-refractivity contribution in [3.8, 4) is 0 Å². The van der Waals surface area contributed by atoms with Gasteiger partial charge >= 0.3 is 0 Å². The fourth-order valence-electron chi connectivity index (χ4n) is 3.20. The van der Waals surface area contributed by atoms with Crippen LogP contribution in [0, 0.1) is 11.8 Å². The van der Waals surface area contributed by atoms with Crippen LogP contribution in [0.25, 0.3) is 0 Å². The van der Waals surface area contributed by atoms with Gasteiger partial charge < -0.3 is 10.4 Å². The van der Waals surface area contributed by atoms with Crippen LogP contribution in [0.2, 0.25) is 0 Å². The molecule has 80 valence electrons. The summed E-state index contributed by atoms with van der Waals surface area (Å²) in [4.78, 5) is 0. The van der Waals surface area contributed by atoms with Crippen LogP contribution in [0.3, 0.4) is 0 Å². The summed E-state index contributed by atoms with van der Waals surface area (Å²) in [7, 11) is 0. The Bertz CT molecular complexity index is 337. The van der Waals surface area contributed by atoms with E-state index in [1.165, 1.54) is 0 Å². The number of benzene rings is 1. The van der Waals surface area contributed by atoms with Gasteiger partial charge in [-0.3, -0.25) is 0 Å². The third-order valence-corrected chi connectivity index (χ3v) is 3.99. The topological polar surface area (TPSA) is 32.3 Å². The smallest absolute Gasteiger partial charge is 0.0903 e. The van der Waals surface area contributed by atoms with Crippen molar-refractivity contribution in [2.75, 3.05) is 13.1 Å². The van der Waals surface area contributed by atoms with Crippen LogP contribution in [-0.4, -0.2) is 18.2 Å². The quantitative estimate of drug-likeness (QED) is 0.725. The first-order chi connectivity index (χ1) is 7.28. The van der Waals surface area contributed by atoms with E-state index in [1.54, 1.807) is 0 Å². The zero-order valence-corrected chi connectivity index (χ0v) is 8.82. The minimum absolute atomic E-state index is 0.557. The molecule has 2 heteroatoms. The van der Waals surface area contributed by atoms with Crippen LogP contribution < -0.4 is 5.32 Å². The van der Waals surface area contributed by atoms with Crippen molar-refractivity contribution in [2.24, 2.45) is 11.8 Å². The molecule has 2 atom stereocenters. The number of rotatable bonds is 1. The maximum Gasteiger partial charge on any atom is 0.0903 e. The van der Waals surface area contributed by atoms with Gasteiger partial charge in [-0.2, -0.15) is 0 Å². The van der Waals surface area contributed by atoms with Crippen molar-refractivity contribution in [3.63, 3.8) is 0 Å². The molecule has 2 nitrogen and oxygen atoms in total. The molecule has 1 saturated carbocycles. The lowest BCUT2D eigenvalue weighted by Crippen LogP contribution is -2.25. The van der Waals surface area contributed by atoms with E-state index < -0.39 is 5.60 Å². The van der Waals surface area contributed by atoms with Crippen LogP contribution in [0.1, 0.15) is 18.4 Å². The van der Waals surface area contributed by atoms with E-state index in [0.29, 0.717) is 11.8 Å². The minimum Gasteiger partial charge on any atom is -0.385 e. The molecule has 1 aliphatic heterocycles. The molecule has 1 aromatic carbocycles. The van der Waals surface area contributed by atoms with Crippen molar-refractivity contribution in [3.05, 3.63) is 35.9 Å². The number of fused-ring (bicyclic) bond motifs is 1. The summed E-state index contributed by atoms with van der Waals surface area (Å²) in [6.45, 7) is 2.17. The van der Waals surface area contributed by atoms with Gasteiger partial charge in [0, 0.05) is 0 Å². The highest BCUT2D eigenvalue weighted by atomic mass is 16.3. The number of nitrogens with one attached hydrogen (secondary N) is 1. The minimum atomic E-state index is -0.557. The lowest BCUT2D eigenvalue weighted by Gasteiger charge is -2.24. The number of aliphatic hydroxyl groups is 1. The van der Waals surface area contributed by atoms with Crippen molar-refractivity contribution in [2.45, 2.75) is 18.4 Å². The second-order valence-electron chi connectivity index (χ2n) is 4.98. The van der Waals surface area contributed by atoms with Crippen LogP contribution in [-0.2, 0) is 5.60 Å². The molecular weight excluding hydrogens is 186 g/mol. The first kappa shape index (κ1) is 9.37. The van der Waals surface area contributed by atoms with Gasteiger partial charge in [-0.05, 0) is 43.3 Å². The second kappa shape index (κ2) is 3.32. The normalized spacial score (nSPS) is 39.3. The van der Waals surface area contributed by atoms with Crippen LogP contribution in [0.5, 0.6) is 0 Å². The third-order valence-electron chi connectivity index (χ3n) is 3.99. The summed E-state index contributed by atoms with van der Waals surface area (Å²) in [5.41, 5.74) is 0.540. The van der Waals surface area contributed by atoms with Crippen LogP contribution >= 0.6 is 0 Å². The predicted molar refractivity (Wildman–Crippen MR) is 59.4 cm³/mol. The second-order valence-corrected chi connectivity index (χ2v) is 4.98. The third kappa shape index (κ3) is 1.48. The Morgan fingerprint density at radius 3 is 2.27 bits per heavy atom. The average molecular weight is 203 g/mol. The molecule has 1 heterocycles. The SMILES string of the molecule is OC1(c2ccccc2)CC2CNCC2C1. The highest BCUT2D eigenvalue weighted by Gasteiger charge is 2.46. The molecule has 1 saturated heterocycles. The van der Waals surface area contributed by atoms with E-state index in [0.717, 1.165) is 31.5 Å². The molecule has 2 unspecified atom stereocenters. The Hall–Kier alpha value is -0.860. The van der Waals surface area contributed by atoms with Gasteiger partial charge in [0.15, 0.2) is 0 Å². The highest BCUT2D eigenvalue weighted by Crippen LogP contribution is 2.46. The van der Waals surface area contributed by atoms with E-state index in [9.17, 15) is 5.11 Å². The Morgan fingerprint density at radius 1 is 1.07 bits per heavy atom. The van der Waals surface area contributed by atoms with Gasteiger partial charge in [0.2, 0.25) is 0 Å². The molecule has 0 spiro atoms. The van der Waals surface area contributed by atoms with Crippen LogP contribution in [0.15, 0.2) is 30.3 Å². The summed E-state index contributed by atoms with van der Waals surface area (Å²) in [6.07, 6.45) is 1.85. The molecule has 0 bridgehead atoms. The van der Waals surface area contributed by atoms with Gasteiger partial charge in [0.1, 0.15) is 0 Å². The summed E-state index contributed by atoms with van der Waals surface area (Å²) in [6, 6.07) is 10.1. The molecule has 2 fully saturated rings. The molecule has 3 rings (SSSR count). The van der Waals surface area contributed by atoms with Crippen molar-refractivity contribution in [1.29, 1.82) is 0 Å². The van der Waals surface area contributed by atoms with Crippen LogP contribution in [0.4, 0.5) is 0 Å². The summed E-state index contributed by atoms with van der Waals surface area (Å²) < 4.78 is 0. The Balaban J connectivity index is 1.87. The Labute approximate surface area is 90.3 Å². The standard InChI is InChI=1S/C13H17NO/c15-13(12-4-2-1-3-5-12)6-10-8-14-9-11(10)7-13/h1-5,10-11,14-15H,6-9H2. The van der Waals surface area contributed by atoms with E-state index in [-0.39, 0.29) is 0 Å². The van der Waals surface area contributed by atoms with Gasteiger partial charge in [-0.15, -0.1) is 0 Å². The number of hydrogen-bond donors (Lipinski definition) is 2. The summed E-state index contributed by atoms with van der Waals surface area (Å²) >= 11 is 0. The van der Waals surface area contributed by atoms with E-state index in [4.69, 9.17) is 0 Å². The number of hydrogen-bond acceptors (Lipinski definition) is 2. The molecule has 0 aromatic heterocycles. The lowest BCUT2D eigenvalue weighted by atomic mass is 9.91. The van der Waals surface area contributed by atoms with Gasteiger partial charge in [0.25, 0.3) is 0 Å². The molecule has 0 radical (unpaired) electrons. The highest BCUT2D eigenvalue weighted by molar-refractivity contribution is 5.24. The van der Waals surface area contributed by atoms with Gasteiger partial charge in [-0.1, -0.05) is 30.3 Å². The molecule has 1 aromatic rings. The largest absolute Gasteiger partial charge is 0.385 e. The van der Waals surface area contributed by atoms with E-state index in [2.05, 4.69) is 17.4 Å². The fourth-order valence-corrected chi connectivity index (χ4v) is 3.20. The lowest BCUT2D eigenvalue weighted by molar-refractivity contribution is 0.0359. The van der Waals surface area contributed by atoms with E-state index >= 15 is 0 Å². The van der Waals surface area contributed by atoms with Gasteiger partial charge in [0.05, 0.1) is 5.60 Å². The van der Waals surface area contributed by atoms with Crippen molar-refractivity contribution in [1.82, 2.24) is 5.32 Å². The molecule has 15 heavy (non-hydrogen) atoms. The molecule has 1 aliphatic carbocycles. The maximum absolute atomic E-state index is 10.6. The van der Waals surface area contributed by atoms with Crippen molar-refractivity contribution < 1.29 is 5.11 Å². The Morgan fingerprint density at radius 2 is 1.67 bits per heavy atom. The zero-order chi connectivity index (χ0) is 10.3. The molecular formula is C13H17NO. The zero-order valence-electron chi connectivity index (χ0n) is 8.82. The summed E-state index contributed by atoms with van der Waals surface area (Å²) in [5, 5.41) is 14.0. The Kier molecular flexibility index (Phi) is 2.08. The van der Waals surface area contributed by atoms with Crippen molar-refractivity contribution >= 4 is 0 Å². The van der Waals surface area contributed by atoms with E-state index in [1.807, 2.05) is 18.2 Å². The monoisotopic (exact) mass is 203 g/mol. The summed E-state index contributed by atoms with van der Waals surface area (Å²) in [5.74, 6) is 1.35.